The molecule has 1 aliphatic rings. The van der Waals surface area contributed by atoms with Crippen molar-refractivity contribution in [3.05, 3.63) is 0 Å². The molecule has 1 fully saturated rings. The minimum absolute atomic E-state index is 0.615. The zero-order valence-corrected chi connectivity index (χ0v) is 10.9. The highest BCUT2D eigenvalue weighted by Crippen LogP contribution is 2.54. The number of rotatable bonds is 5. The molecular formula is C14H28. The molecular weight excluding hydrogens is 168 g/mol. The maximum Gasteiger partial charge on any atom is -0.0272 e. The van der Waals surface area contributed by atoms with E-state index >= 15 is 0 Å². The minimum atomic E-state index is 0.615. The zero-order valence-electron chi connectivity index (χ0n) is 10.9. The van der Waals surface area contributed by atoms with Gasteiger partial charge in [0.05, 0.1) is 0 Å². The quantitative estimate of drug-likeness (QED) is 0.595. The summed E-state index contributed by atoms with van der Waals surface area (Å²) in [5.41, 5.74) is 0.615. The lowest BCUT2D eigenvalue weighted by molar-refractivity contribution is 0.0863. The molecule has 0 bridgehead atoms. The lowest BCUT2D eigenvalue weighted by Crippen LogP contribution is -2.33. The van der Waals surface area contributed by atoms with Gasteiger partial charge >= 0.3 is 0 Å². The van der Waals surface area contributed by atoms with Gasteiger partial charge in [0.1, 0.15) is 0 Å². The molecule has 14 heavy (non-hydrogen) atoms. The molecule has 84 valence electrons. The van der Waals surface area contributed by atoms with E-state index in [1.165, 1.54) is 19.3 Å². The van der Waals surface area contributed by atoms with Crippen molar-refractivity contribution in [3.63, 3.8) is 0 Å². The maximum atomic E-state index is 2.52. The summed E-state index contributed by atoms with van der Waals surface area (Å²) in [5, 5.41) is 0. The molecule has 0 heterocycles. The van der Waals surface area contributed by atoms with Crippen LogP contribution in [0.5, 0.6) is 0 Å². The summed E-state index contributed by atoms with van der Waals surface area (Å²) in [6.45, 7) is 14.5. The second kappa shape index (κ2) is 4.24. The highest BCUT2D eigenvalue weighted by molar-refractivity contribution is 4.94. The van der Waals surface area contributed by atoms with Gasteiger partial charge in [0.15, 0.2) is 0 Å². The molecule has 0 saturated heterocycles. The van der Waals surface area contributed by atoms with Gasteiger partial charge in [0.2, 0.25) is 0 Å². The van der Waals surface area contributed by atoms with Crippen LogP contribution in [-0.2, 0) is 0 Å². The topological polar surface area (TPSA) is 0 Å². The Morgan fingerprint density at radius 2 is 1.64 bits per heavy atom. The highest BCUT2D eigenvalue weighted by atomic mass is 14.5. The van der Waals surface area contributed by atoms with Crippen LogP contribution >= 0.6 is 0 Å². The van der Waals surface area contributed by atoms with Crippen molar-refractivity contribution in [1.29, 1.82) is 0 Å². The third-order valence-corrected chi connectivity index (χ3v) is 5.15. The van der Waals surface area contributed by atoms with Gasteiger partial charge in [-0.1, -0.05) is 48.0 Å². The Morgan fingerprint density at radius 3 is 1.93 bits per heavy atom. The predicted octanol–water partition coefficient (Wildman–Crippen LogP) is 4.74. The van der Waals surface area contributed by atoms with E-state index in [0.717, 1.165) is 23.7 Å². The molecule has 0 aliphatic heterocycles. The van der Waals surface area contributed by atoms with E-state index in [1.807, 2.05) is 0 Å². The van der Waals surface area contributed by atoms with Crippen molar-refractivity contribution >= 4 is 0 Å². The molecule has 3 unspecified atom stereocenters. The fourth-order valence-electron chi connectivity index (χ4n) is 2.90. The van der Waals surface area contributed by atoms with Crippen LogP contribution in [-0.4, -0.2) is 0 Å². The Labute approximate surface area is 90.5 Å². The molecule has 1 rings (SSSR count). The Balaban J connectivity index is 2.68. The molecule has 0 nitrogen and oxygen atoms in total. The summed E-state index contributed by atoms with van der Waals surface area (Å²) in [4.78, 5) is 0. The van der Waals surface area contributed by atoms with Crippen LogP contribution < -0.4 is 0 Å². The van der Waals surface area contributed by atoms with Crippen LogP contribution in [0.1, 0.15) is 60.8 Å². The molecule has 3 atom stereocenters. The van der Waals surface area contributed by atoms with Crippen LogP contribution in [0.3, 0.4) is 0 Å². The SMILES string of the molecule is CCC(C)(C1CC1)C(C)C(C)C(C)C. The molecule has 0 heteroatoms. The van der Waals surface area contributed by atoms with E-state index in [1.54, 1.807) is 0 Å². The Morgan fingerprint density at radius 1 is 1.14 bits per heavy atom. The first-order chi connectivity index (χ1) is 6.43. The maximum absolute atomic E-state index is 2.52. The summed E-state index contributed by atoms with van der Waals surface area (Å²) in [7, 11) is 0. The van der Waals surface area contributed by atoms with Crippen molar-refractivity contribution < 1.29 is 0 Å². The van der Waals surface area contributed by atoms with E-state index in [0.29, 0.717) is 5.41 Å². The fraction of sp³-hybridized carbons (Fsp3) is 1.00. The fourth-order valence-corrected chi connectivity index (χ4v) is 2.90. The lowest BCUT2D eigenvalue weighted by atomic mass is 9.65. The average molecular weight is 196 g/mol. The molecule has 1 aliphatic carbocycles. The van der Waals surface area contributed by atoms with Crippen molar-refractivity contribution in [2.75, 3.05) is 0 Å². The molecule has 0 aromatic rings. The van der Waals surface area contributed by atoms with Crippen LogP contribution in [0.4, 0.5) is 0 Å². The lowest BCUT2D eigenvalue weighted by Gasteiger charge is -2.40. The standard InChI is InChI=1S/C14H28/c1-7-14(6,13-8-9-13)12(5)11(4)10(2)3/h10-13H,7-9H2,1-6H3. The summed E-state index contributed by atoms with van der Waals surface area (Å²) in [6.07, 6.45) is 4.33. The smallest absolute Gasteiger partial charge is 0.0272 e. The molecule has 0 aromatic carbocycles. The van der Waals surface area contributed by atoms with Gasteiger partial charge < -0.3 is 0 Å². The third kappa shape index (κ3) is 2.15. The van der Waals surface area contributed by atoms with E-state index in [9.17, 15) is 0 Å². The van der Waals surface area contributed by atoms with Crippen molar-refractivity contribution in [1.82, 2.24) is 0 Å². The largest absolute Gasteiger partial charge is 0.0648 e. The monoisotopic (exact) mass is 196 g/mol. The molecule has 0 radical (unpaired) electrons. The third-order valence-electron chi connectivity index (χ3n) is 5.15. The van der Waals surface area contributed by atoms with Gasteiger partial charge in [0.25, 0.3) is 0 Å². The van der Waals surface area contributed by atoms with E-state index < -0.39 is 0 Å². The normalized spacial score (nSPS) is 25.9. The van der Waals surface area contributed by atoms with Crippen LogP contribution in [0, 0.1) is 29.1 Å². The van der Waals surface area contributed by atoms with Gasteiger partial charge in [0, 0.05) is 0 Å². The molecule has 0 aromatic heterocycles. The first-order valence-electron chi connectivity index (χ1n) is 6.43. The molecule has 0 amide bonds. The van der Waals surface area contributed by atoms with Crippen LogP contribution in [0.25, 0.3) is 0 Å². The highest BCUT2D eigenvalue weighted by Gasteiger charge is 2.45. The van der Waals surface area contributed by atoms with E-state index in [-0.39, 0.29) is 0 Å². The van der Waals surface area contributed by atoms with Gasteiger partial charge in [-0.25, -0.2) is 0 Å². The summed E-state index contributed by atoms with van der Waals surface area (Å²) >= 11 is 0. The van der Waals surface area contributed by atoms with Gasteiger partial charge in [-0.2, -0.15) is 0 Å². The summed E-state index contributed by atoms with van der Waals surface area (Å²) < 4.78 is 0. The van der Waals surface area contributed by atoms with Gasteiger partial charge in [-0.3, -0.25) is 0 Å². The molecule has 0 spiro atoms. The Kier molecular flexibility index (Phi) is 3.66. The van der Waals surface area contributed by atoms with Gasteiger partial charge in [-0.05, 0) is 41.9 Å². The molecule has 0 N–H and O–H groups in total. The van der Waals surface area contributed by atoms with Crippen molar-refractivity contribution in [2.24, 2.45) is 29.1 Å². The van der Waals surface area contributed by atoms with Crippen LogP contribution in [0.2, 0.25) is 0 Å². The van der Waals surface area contributed by atoms with Crippen molar-refractivity contribution in [3.8, 4) is 0 Å². The van der Waals surface area contributed by atoms with E-state index in [4.69, 9.17) is 0 Å². The van der Waals surface area contributed by atoms with Gasteiger partial charge in [-0.15, -0.1) is 0 Å². The van der Waals surface area contributed by atoms with Crippen LogP contribution in [0.15, 0.2) is 0 Å². The Bertz CT molecular complexity index is 178. The number of hydrogen-bond acceptors (Lipinski definition) is 0. The second-order valence-corrected chi connectivity index (χ2v) is 6.03. The van der Waals surface area contributed by atoms with Crippen molar-refractivity contribution in [2.45, 2.75) is 60.8 Å². The average Bonchev–Trinajstić information content (AvgIpc) is 2.97. The number of hydrogen-bond donors (Lipinski definition) is 0. The zero-order chi connectivity index (χ0) is 10.9. The predicted molar refractivity (Wildman–Crippen MR) is 64.3 cm³/mol. The summed E-state index contributed by atoms with van der Waals surface area (Å²) in [5.74, 6) is 3.60. The Hall–Kier alpha value is 0. The first-order valence-corrected chi connectivity index (χ1v) is 6.43. The van der Waals surface area contributed by atoms with E-state index in [2.05, 4.69) is 41.5 Å². The first kappa shape index (κ1) is 12.1. The summed E-state index contributed by atoms with van der Waals surface area (Å²) in [6, 6.07) is 0. The minimum Gasteiger partial charge on any atom is -0.0648 e. The second-order valence-electron chi connectivity index (χ2n) is 6.03. The molecule has 1 saturated carbocycles.